The van der Waals surface area contributed by atoms with Crippen LogP contribution in [-0.2, 0) is 9.47 Å². The minimum absolute atomic E-state index is 0.353. The van der Waals surface area contributed by atoms with Crippen LogP contribution in [0, 0.1) is 0 Å². The van der Waals surface area contributed by atoms with Gasteiger partial charge in [0.2, 0.25) is 5.56 Å². The predicted molar refractivity (Wildman–Crippen MR) is 120 cm³/mol. The number of hydrogen-bond acceptors (Lipinski definition) is 6. The zero-order valence-electron chi connectivity index (χ0n) is 18.1. The van der Waals surface area contributed by atoms with Crippen LogP contribution in [0.1, 0.15) is 38.9 Å². The average molecular weight is 428 g/mol. The first-order valence-electron chi connectivity index (χ1n) is 9.62. The number of aromatic amines is 1. The van der Waals surface area contributed by atoms with E-state index < -0.39 is 23.8 Å². The average Bonchev–Trinajstić information content (AvgIpc) is 2.65. The lowest BCUT2D eigenvalue weighted by Crippen LogP contribution is -2.35. The molecule has 5 N–H and O–H groups in total. The minimum atomic E-state index is -0.660. The van der Waals surface area contributed by atoms with Crippen molar-refractivity contribution in [1.29, 1.82) is 0 Å². The second-order valence-corrected chi connectivity index (χ2v) is 7.83. The minimum Gasteiger partial charge on any atom is -0.453 e. The molecule has 0 bridgehead atoms. The van der Waals surface area contributed by atoms with Gasteiger partial charge in [-0.15, -0.1) is 6.58 Å². The number of nitrogens with one attached hydrogen (secondary N) is 3. The lowest BCUT2D eigenvalue weighted by Gasteiger charge is -2.23. The van der Waals surface area contributed by atoms with Crippen molar-refractivity contribution in [3.8, 4) is 11.1 Å². The fraction of sp³-hybridized carbons (Fsp3) is 0.318. The standard InChI is InChI=1S/C22H28N4O5/c1-6-7-17(26-21(29)31-22(2,3)4)18-10-13(11-19(27)25-18)15-9-8-14(12-16(15)23)24-20(28)30-5/h6,8-12,17H,1,7,23H2,2-5H3,(H,24,28)(H,25,27)(H,26,29). The van der Waals surface area contributed by atoms with Crippen LogP contribution in [0.5, 0.6) is 0 Å². The highest BCUT2D eigenvalue weighted by Crippen LogP contribution is 2.29. The van der Waals surface area contributed by atoms with E-state index in [4.69, 9.17) is 10.5 Å². The van der Waals surface area contributed by atoms with E-state index >= 15 is 0 Å². The van der Waals surface area contributed by atoms with Gasteiger partial charge >= 0.3 is 12.2 Å². The third-order valence-electron chi connectivity index (χ3n) is 4.13. The molecule has 0 spiro atoms. The number of nitrogen functional groups attached to an aromatic ring is 1. The van der Waals surface area contributed by atoms with E-state index in [2.05, 4.69) is 26.9 Å². The van der Waals surface area contributed by atoms with Gasteiger partial charge in [0.25, 0.3) is 0 Å². The number of amides is 2. The third-order valence-corrected chi connectivity index (χ3v) is 4.13. The molecule has 166 valence electrons. The van der Waals surface area contributed by atoms with E-state index in [1.807, 2.05) is 0 Å². The molecular formula is C22H28N4O5. The Hall–Kier alpha value is -3.75. The van der Waals surface area contributed by atoms with Gasteiger partial charge in [0, 0.05) is 28.7 Å². The van der Waals surface area contributed by atoms with E-state index in [0.717, 1.165) is 0 Å². The summed E-state index contributed by atoms with van der Waals surface area (Å²) in [5.74, 6) is 0. The van der Waals surface area contributed by atoms with Crippen LogP contribution in [0.2, 0.25) is 0 Å². The molecule has 0 saturated carbocycles. The summed E-state index contributed by atoms with van der Waals surface area (Å²) in [5.41, 5.74) is 7.56. The molecule has 0 radical (unpaired) electrons. The first kappa shape index (κ1) is 23.5. The van der Waals surface area contributed by atoms with Crippen molar-refractivity contribution in [1.82, 2.24) is 10.3 Å². The summed E-state index contributed by atoms with van der Waals surface area (Å²) in [7, 11) is 1.26. The van der Waals surface area contributed by atoms with Crippen molar-refractivity contribution in [3.63, 3.8) is 0 Å². The molecule has 0 aliphatic rings. The second kappa shape index (κ2) is 9.84. The highest BCUT2D eigenvalue weighted by atomic mass is 16.6. The molecule has 0 aliphatic heterocycles. The number of carbonyl (C=O) groups excluding carboxylic acids is 2. The molecule has 2 amide bonds. The van der Waals surface area contributed by atoms with E-state index in [9.17, 15) is 14.4 Å². The Kier molecular flexibility index (Phi) is 7.47. The van der Waals surface area contributed by atoms with Crippen LogP contribution in [0.3, 0.4) is 0 Å². The van der Waals surface area contributed by atoms with Crippen LogP contribution in [0.4, 0.5) is 21.0 Å². The fourth-order valence-corrected chi connectivity index (χ4v) is 2.86. The number of hydrogen-bond donors (Lipinski definition) is 4. The number of carbonyl (C=O) groups is 2. The molecule has 2 rings (SSSR count). The van der Waals surface area contributed by atoms with Crippen molar-refractivity contribution in [3.05, 3.63) is 59.0 Å². The van der Waals surface area contributed by atoms with Crippen LogP contribution in [0.25, 0.3) is 11.1 Å². The summed E-state index contributed by atoms with van der Waals surface area (Å²) in [6, 6.07) is 7.47. The molecule has 1 heterocycles. The van der Waals surface area contributed by atoms with E-state index in [1.54, 1.807) is 51.1 Å². The van der Waals surface area contributed by atoms with Gasteiger partial charge in [-0.3, -0.25) is 10.1 Å². The maximum absolute atomic E-state index is 12.3. The fourth-order valence-electron chi connectivity index (χ4n) is 2.86. The van der Waals surface area contributed by atoms with E-state index in [0.29, 0.717) is 34.6 Å². The number of rotatable bonds is 6. The van der Waals surface area contributed by atoms with Gasteiger partial charge in [-0.2, -0.15) is 0 Å². The highest BCUT2D eigenvalue weighted by Gasteiger charge is 2.21. The molecule has 9 nitrogen and oxygen atoms in total. The Bertz CT molecular complexity index is 1020. The first-order chi connectivity index (χ1) is 14.5. The quantitative estimate of drug-likeness (QED) is 0.406. The Balaban J connectivity index is 2.37. The zero-order valence-corrected chi connectivity index (χ0v) is 18.1. The molecule has 1 atom stereocenters. The molecule has 0 aliphatic carbocycles. The van der Waals surface area contributed by atoms with E-state index in [-0.39, 0.29) is 5.56 Å². The molecule has 0 saturated heterocycles. The number of alkyl carbamates (subject to hydrolysis) is 1. The third kappa shape index (κ3) is 6.91. The number of ether oxygens (including phenoxy) is 2. The van der Waals surface area contributed by atoms with Crippen LogP contribution in [0.15, 0.2) is 47.8 Å². The smallest absolute Gasteiger partial charge is 0.411 e. The topological polar surface area (TPSA) is 136 Å². The lowest BCUT2D eigenvalue weighted by molar-refractivity contribution is 0.0503. The first-order valence-corrected chi connectivity index (χ1v) is 9.62. The maximum atomic E-state index is 12.3. The molecule has 1 aromatic heterocycles. The molecule has 1 aromatic carbocycles. The van der Waals surface area contributed by atoms with Crippen molar-refractivity contribution >= 4 is 23.6 Å². The van der Waals surface area contributed by atoms with Crippen LogP contribution in [-0.4, -0.2) is 29.9 Å². The van der Waals surface area contributed by atoms with Gasteiger partial charge in [0.05, 0.1) is 13.2 Å². The summed E-state index contributed by atoms with van der Waals surface area (Å²) in [6.07, 6.45) is 0.777. The summed E-state index contributed by atoms with van der Waals surface area (Å²) >= 11 is 0. The van der Waals surface area contributed by atoms with Gasteiger partial charge in [-0.25, -0.2) is 9.59 Å². The monoisotopic (exact) mass is 428 g/mol. The summed E-state index contributed by atoms with van der Waals surface area (Å²) in [4.78, 5) is 38.7. The van der Waals surface area contributed by atoms with Crippen molar-refractivity contribution in [2.24, 2.45) is 0 Å². The second-order valence-electron chi connectivity index (χ2n) is 7.83. The number of H-pyrrole nitrogens is 1. The molecule has 1 unspecified atom stereocenters. The van der Waals surface area contributed by atoms with Gasteiger partial charge in [-0.05, 0) is 51.0 Å². The van der Waals surface area contributed by atoms with Gasteiger partial charge in [0.15, 0.2) is 0 Å². The predicted octanol–water partition coefficient (Wildman–Crippen LogP) is 3.94. The SMILES string of the molecule is C=CCC(NC(=O)OC(C)(C)C)c1cc(-c2ccc(NC(=O)OC)cc2N)cc(=O)[nH]1. The number of benzene rings is 1. The number of aromatic nitrogens is 1. The number of pyridine rings is 1. The lowest BCUT2D eigenvalue weighted by atomic mass is 10.0. The Morgan fingerprint density at radius 1 is 1.23 bits per heavy atom. The number of anilines is 2. The Morgan fingerprint density at radius 2 is 1.94 bits per heavy atom. The normalized spacial score (nSPS) is 11.9. The van der Waals surface area contributed by atoms with Crippen molar-refractivity contribution < 1.29 is 19.1 Å². The largest absolute Gasteiger partial charge is 0.453 e. The van der Waals surface area contributed by atoms with Gasteiger partial charge in [0.1, 0.15) is 5.60 Å². The summed E-state index contributed by atoms with van der Waals surface area (Å²) in [6.45, 7) is 9.01. The van der Waals surface area contributed by atoms with Gasteiger partial charge in [-0.1, -0.05) is 12.1 Å². The molecule has 2 aromatic rings. The van der Waals surface area contributed by atoms with Crippen LogP contribution >= 0.6 is 0 Å². The Morgan fingerprint density at radius 3 is 2.52 bits per heavy atom. The molecule has 0 fully saturated rings. The summed E-state index contributed by atoms with van der Waals surface area (Å²) in [5, 5.41) is 5.28. The molecule has 31 heavy (non-hydrogen) atoms. The highest BCUT2D eigenvalue weighted by molar-refractivity contribution is 5.87. The number of nitrogens with two attached hydrogens (primary N) is 1. The summed E-state index contributed by atoms with van der Waals surface area (Å²) < 4.78 is 9.88. The molecule has 9 heteroatoms. The Labute approximate surface area is 180 Å². The maximum Gasteiger partial charge on any atom is 0.411 e. The van der Waals surface area contributed by atoms with Crippen molar-refractivity contribution in [2.75, 3.05) is 18.2 Å². The van der Waals surface area contributed by atoms with Crippen molar-refractivity contribution in [2.45, 2.75) is 38.8 Å². The van der Waals surface area contributed by atoms with Gasteiger partial charge < -0.3 is 25.5 Å². The zero-order chi connectivity index (χ0) is 23.2. The molecular weight excluding hydrogens is 400 g/mol. The van der Waals surface area contributed by atoms with Crippen LogP contribution < -0.4 is 21.9 Å². The van der Waals surface area contributed by atoms with E-state index in [1.165, 1.54) is 13.2 Å². The number of methoxy groups -OCH3 is 1.